The van der Waals surface area contributed by atoms with Crippen LogP contribution >= 0.6 is 0 Å². The van der Waals surface area contributed by atoms with Crippen molar-refractivity contribution >= 4 is 5.82 Å². The summed E-state index contributed by atoms with van der Waals surface area (Å²) in [4.78, 5) is 4.21. The molecule has 0 saturated heterocycles. The van der Waals surface area contributed by atoms with Crippen molar-refractivity contribution < 1.29 is 4.74 Å². The van der Waals surface area contributed by atoms with Gasteiger partial charge in [-0.1, -0.05) is 13.8 Å². The summed E-state index contributed by atoms with van der Waals surface area (Å²) in [6.07, 6.45) is 1.74. The van der Waals surface area contributed by atoms with Crippen molar-refractivity contribution in [2.45, 2.75) is 40.7 Å². The molecule has 1 aromatic rings. The van der Waals surface area contributed by atoms with E-state index in [1.165, 1.54) is 0 Å². The van der Waals surface area contributed by atoms with Crippen LogP contribution in [-0.4, -0.2) is 18.1 Å². The Kier molecular flexibility index (Phi) is 6.50. The number of ether oxygens (including phenoxy) is 1. The first-order valence-corrected chi connectivity index (χ1v) is 5.40. The van der Waals surface area contributed by atoms with Gasteiger partial charge in [-0.3, -0.25) is 0 Å². The first kappa shape index (κ1) is 13.8. The van der Waals surface area contributed by atoms with Crippen molar-refractivity contribution in [1.29, 1.82) is 0 Å². The first-order chi connectivity index (χ1) is 7.13. The molecule has 1 rings (SSSR count). The Morgan fingerprint density at radius 1 is 1.33 bits per heavy atom. The van der Waals surface area contributed by atoms with Gasteiger partial charge in [-0.15, -0.1) is 0 Å². The normalized spacial score (nSPS) is 9.27. The number of anilines is 1. The second-order valence-electron chi connectivity index (χ2n) is 3.34. The molecule has 0 aliphatic heterocycles. The quantitative estimate of drug-likeness (QED) is 0.831. The van der Waals surface area contributed by atoms with E-state index in [-0.39, 0.29) is 0 Å². The van der Waals surface area contributed by atoms with Crippen LogP contribution in [0.3, 0.4) is 0 Å². The van der Waals surface area contributed by atoms with E-state index in [1.54, 1.807) is 13.3 Å². The maximum Gasteiger partial charge on any atom is 0.140 e. The summed E-state index contributed by atoms with van der Waals surface area (Å²) >= 11 is 0. The lowest BCUT2D eigenvalue weighted by atomic mass is 10.2. The van der Waals surface area contributed by atoms with Crippen LogP contribution in [0.15, 0.2) is 12.3 Å². The predicted octanol–water partition coefficient (Wildman–Crippen LogP) is 3.25. The highest BCUT2D eigenvalue weighted by molar-refractivity contribution is 5.43. The number of aryl methyl sites for hydroxylation is 1. The van der Waals surface area contributed by atoms with Crippen molar-refractivity contribution in [3.63, 3.8) is 0 Å². The molecule has 1 aromatic heterocycles. The molecule has 0 spiro atoms. The third-order valence-corrected chi connectivity index (χ3v) is 1.72. The van der Waals surface area contributed by atoms with Crippen LogP contribution in [0.25, 0.3) is 0 Å². The van der Waals surface area contributed by atoms with E-state index in [4.69, 9.17) is 4.74 Å². The van der Waals surface area contributed by atoms with Gasteiger partial charge in [-0.05, 0) is 32.4 Å². The van der Waals surface area contributed by atoms with Gasteiger partial charge in [0.25, 0.3) is 0 Å². The molecule has 0 saturated carbocycles. The van der Waals surface area contributed by atoms with Gasteiger partial charge in [0.15, 0.2) is 0 Å². The van der Waals surface area contributed by atoms with Crippen LogP contribution in [0, 0.1) is 6.92 Å². The summed E-state index contributed by atoms with van der Waals surface area (Å²) in [6.45, 7) is 10.2. The lowest BCUT2D eigenvalue weighted by molar-refractivity contribution is 0.410. The standard InChI is InChI=1S/C10H16N2O.C2H6/c1-7(2)12-10-5-8(3)9(13-4)6-11-10;1-2/h5-7H,1-4H3,(H,11,12);1-2H3. The minimum Gasteiger partial charge on any atom is -0.495 e. The van der Waals surface area contributed by atoms with Gasteiger partial charge < -0.3 is 10.1 Å². The summed E-state index contributed by atoms with van der Waals surface area (Å²) in [7, 11) is 1.65. The third-order valence-electron chi connectivity index (χ3n) is 1.72. The minimum absolute atomic E-state index is 0.403. The Hall–Kier alpha value is -1.25. The van der Waals surface area contributed by atoms with Crippen LogP contribution in [0.2, 0.25) is 0 Å². The predicted molar refractivity (Wildman–Crippen MR) is 65.6 cm³/mol. The Bertz CT molecular complexity index is 285. The maximum absolute atomic E-state index is 5.11. The second-order valence-corrected chi connectivity index (χ2v) is 3.34. The molecule has 15 heavy (non-hydrogen) atoms. The molecule has 3 nitrogen and oxygen atoms in total. The number of hydrogen-bond acceptors (Lipinski definition) is 3. The molecule has 1 heterocycles. The van der Waals surface area contributed by atoms with Gasteiger partial charge in [0.05, 0.1) is 13.3 Å². The summed E-state index contributed by atoms with van der Waals surface area (Å²) in [6, 6.07) is 2.39. The first-order valence-electron chi connectivity index (χ1n) is 5.40. The fourth-order valence-corrected chi connectivity index (χ4v) is 1.13. The van der Waals surface area contributed by atoms with Crippen LogP contribution in [0.1, 0.15) is 33.3 Å². The van der Waals surface area contributed by atoms with E-state index in [1.807, 2.05) is 26.8 Å². The van der Waals surface area contributed by atoms with E-state index in [0.29, 0.717) is 6.04 Å². The topological polar surface area (TPSA) is 34.1 Å². The van der Waals surface area contributed by atoms with Gasteiger partial charge in [0.2, 0.25) is 0 Å². The monoisotopic (exact) mass is 210 g/mol. The lowest BCUT2D eigenvalue weighted by Crippen LogP contribution is -2.11. The van der Waals surface area contributed by atoms with Crippen molar-refractivity contribution in [2.24, 2.45) is 0 Å². The van der Waals surface area contributed by atoms with Crippen molar-refractivity contribution in [2.75, 3.05) is 12.4 Å². The molecule has 0 aromatic carbocycles. The maximum atomic E-state index is 5.11. The van der Waals surface area contributed by atoms with Gasteiger partial charge in [-0.2, -0.15) is 0 Å². The van der Waals surface area contributed by atoms with Gasteiger partial charge in [0, 0.05) is 6.04 Å². The van der Waals surface area contributed by atoms with E-state index in [0.717, 1.165) is 17.1 Å². The summed E-state index contributed by atoms with van der Waals surface area (Å²) in [5.41, 5.74) is 1.10. The Morgan fingerprint density at radius 3 is 2.33 bits per heavy atom. The van der Waals surface area contributed by atoms with Crippen molar-refractivity contribution in [3.8, 4) is 5.75 Å². The Morgan fingerprint density at radius 2 is 1.93 bits per heavy atom. The highest BCUT2D eigenvalue weighted by Crippen LogP contribution is 2.18. The number of methoxy groups -OCH3 is 1. The average Bonchev–Trinajstić information content (AvgIpc) is 2.20. The van der Waals surface area contributed by atoms with Crippen molar-refractivity contribution in [3.05, 3.63) is 17.8 Å². The fourth-order valence-electron chi connectivity index (χ4n) is 1.13. The molecule has 0 unspecified atom stereocenters. The van der Waals surface area contributed by atoms with Crippen LogP contribution in [0.4, 0.5) is 5.82 Å². The summed E-state index contributed by atoms with van der Waals surface area (Å²) < 4.78 is 5.11. The molecule has 0 aliphatic rings. The molecular formula is C12H22N2O. The Balaban J connectivity index is 0.000000921. The van der Waals surface area contributed by atoms with Crippen LogP contribution in [-0.2, 0) is 0 Å². The number of nitrogens with one attached hydrogen (secondary N) is 1. The largest absolute Gasteiger partial charge is 0.495 e. The summed E-state index contributed by atoms with van der Waals surface area (Å²) in [5.74, 6) is 1.72. The number of nitrogens with zero attached hydrogens (tertiary/aromatic N) is 1. The second kappa shape index (κ2) is 7.10. The zero-order valence-corrected chi connectivity index (χ0v) is 10.6. The summed E-state index contributed by atoms with van der Waals surface area (Å²) in [5, 5.41) is 3.23. The van der Waals surface area contributed by atoms with E-state index < -0.39 is 0 Å². The highest BCUT2D eigenvalue weighted by atomic mass is 16.5. The van der Waals surface area contributed by atoms with E-state index >= 15 is 0 Å². The third kappa shape index (κ3) is 4.68. The zero-order valence-electron chi connectivity index (χ0n) is 10.6. The van der Waals surface area contributed by atoms with Crippen LogP contribution < -0.4 is 10.1 Å². The number of rotatable bonds is 3. The van der Waals surface area contributed by atoms with Crippen molar-refractivity contribution in [1.82, 2.24) is 4.98 Å². The molecule has 0 atom stereocenters. The molecular weight excluding hydrogens is 188 g/mol. The van der Waals surface area contributed by atoms with Gasteiger partial charge >= 0.3 is 0 Å². The molecule has 3 heteroatoms. The van der Waals surface area contributed by atoms with Gasteiger partial charge in [-0.25, -0.2) is 4.98 Å². The number of pyridine rings is 1. The smallest absolute Gasteiger partial charge is 0.140 e. The van der Waals surface area contributed by atoms with Gasteiger partial charge in [0.1, 0.15) is 11.6 Å². The SMILES string of the molecule is CC.COc1cnc(NC(C)C)cc1C. The molecule has 0 amide bonds. The molecule has 0 fully saturated rings. The van der Waals surface area contributed by atoms with E-state index in [2.05, 4.69) is 24.1 Å². The molecule has 0 aliphatic carbocycles. The van der Waals surface area contributed by atoms with E-state index in [9.17, 15) is 0 Å². The lowest BCUT2D eigenvalue weighted by Gasteiger charge is -2.10. The average molecular weight is 210 g/mol. The molecule has 86 valence electrons. The fraction of sp³-hybridized carbons (Fsp3) is 0.583. The zero-order chi connectivity index (χ0) is 11.8. The highest BCUT2D eigenvalue weighted by Gasteiger charge is 2.01. The molecule has 0 radical (unpaired) electrons. The Labute approximate surface area is 92.9 Å². The van der Waals surface area contributed by atoms with Crippen LogP contribution in [0.5, 0.6) is 5.75 Å². The number of hydrogen-bond donors (Lipinski definition) is 1. The number of aromatic nitrogens is 1. The molecule has 1 N–H and O–H groups in total. The minimum atomic E-state index is 0.403. The molecule has 0 bridgehead atoms.